The zero-order valence-electron chi connectivity index (χ0n) is 4.70. The van der Waals surface area contributed by atoms with Crippen molar-refractivity contribution >= 4 is 0 Å². The van der Waals surface area contributed by atoms with Crippen LogP contribution in [0.4, 0.5) is 0 Å². The highest BCUT2D eigenvalue weighted by molar-refractivity contribution is 4.61. The van der Waals surface area contributed by atoms with Gasteiger partial charge in [0.1, 0.15) is 0 Å². The smallest absolute Gasteiger partial charge is 0.153 e. The average molecular weight is 115 g/mol. The third-order valence-corrected chi connectivity index (χ3v) is 0.884. The molecule has 0 spiro atoms. The molecule has 0 saturated heterocycles. The maximum atomic E-state index is 5.25. The minimum Gasteiger partial charge on any atom is -0.327 e. The minimum absolute atomic E-state index is 0.0139. The van der Waals surface area contributed by atoms with E-state index < -0.39 is 0 Å². The van der Waals surface area contributed by atoms with Gasteiger partial charge in [-0.15, -0.1) is 5.11 Å². The Bertz CT molecular complexity index is 99.8. The first-order valence-electron chi connectivity index (χ1n) is 2.43. The molecule has 1 unspecified atom stereocenters. The molecular weight excluding hydrogens is 106 g/mol. The lowest BCUT2D eigenvalue weighted by molar-refractivity contribution is 0.263. The molecule has 0 aromatic rings. The van der Waals surface area contributed by atoms with Crippen LogP contribution in [-0.4, -0.2) is 24.9 Å². The molecule has 0 saturated carbocycles. The van der Waals surface area contributed by atoms with Gasteiger partial charge in [-0.3, -0.25) is 0 Å². The van der Waals surface area contributed by atoms with E-state index in [4.69, 9.17) is 5.73 Å². The molecule has 46 valence electrons. The van der Waals surface area contributed by atoms with Gasteiger partial charge in [-0.25, -0.2) is 5.12 Å². The van der Waals surface area contributed by atoms with Gasteiger partial charge in [-0.05, 0) is 0 Å². The molecule has 5 nitrogen and oxygen atoms in total. The summed E-state index contributed by atoms with van der Waals surface area (Å²) >= 11 is 0. The second-order valence-corrected chi connectivity index (χ2v) is 1.61. The van der Waals surface area contributed by atoms with Crippen LogP contribution >= 0.6 is 0 Å². The Morgan fingerprint density at radius 1 is 1.88 bits per heavy atom. The van der Waals surface area contributed by atoms with Gasteiger partial charge in [0.2, 0.25) is 0 Å². The second kappa shape index (κ2) is 2.06. The first-order chi connectivity index (χ1) is 3.83. The monoisotopic (exact) mass is 115 g/mol. The standard InChI is InChI=1S/C3H9N5/c1-8-6-3(2-4)5-7-8/h3,6H,2,4H2,1H3. The van der Waals surface area contributed by atoms with Crippen LogP contribution < -0.4 is 11.2 Å². The van der Waals surface area contributed by atoms with E-state index in [1.165, 1.54) is 5.12 Å². The van der Waals surface area contributed by atoms with Crippen LogP contribution in [0.25, 0.3) is 0 Å². The van der Waals surface area contributed by atoms with E-state index in [9.17, 15) is 0 Å². The quantitative estimate of drug-likeness (QED) is 0.465. The SMILES string of the molecule is CN1N=NC(CN)N1. The Morgan fingerprint density at radius 3 is 2.88 bits per heavy atom. The van der Waals surface area contributed by atoms with Crippen molar-refractivity contribution in [1.82, 2.24) is 10.5 Å². The van der Waals surface area contributed by atoms with Gasteiger partial charge in [-0.2, -0.15) is 5.43 Å². The molecular formula is C3H9N5. The number of hydrogen-bond donors (Lipinski definition) is 2. The van der Waals surface area contributed by atoms with Crippen LogP contribution in [0.2, 0.25) is 0 Å². The number of nitrogens with one attached hydrogen (secondary N) is 1. The Labute approximate surface area is 47.5 Å². The maximum absolute atomic E-state index is 5.25. The number of nitrogens with zero attached hydrogens (tertiary/aromatic N) is 3. The molecule has 0 radical (unpaired) electrons. The molecule has 0 bridgehead atoms. The van der Waals surface area contributed by atoms with Crippen molar-refractivity contribution in [3.63, 3.8) is 0 Å². The fourth-order valence-electron chi connectivity index (χ4n) is 0.507. The van der Waals surface area contributed by atoms with E-state index in [1.807, 2.05) is 0 Å². The lowest BCUT2D eigenvalue weighted by Crippen LogP contribution is -2.36. The number of hydrogen-bond acceptors (Lipinski definition) is 5. The summed E-state index contributed by atoms with van der Waals surface area (Å²) in [5.74, 6) is 0. The number of rotatable bonds is 1. The van der Waals surface area contributed by atoms with Crippen LogP contribution in [0, 0.1) is 0 Å². The van der Waals surface area contributed by atoms with Gasteiger partial charge >= 0.3 is 0 Å². The topological polar surface area (TPSA) is 66.0 Å². The van der Waals surface area contributed by atoms with E-state index in [-0.39, 0.29) is 6.17 Å². The Balaban J connectivity index is 2.34. The second-order valence-electron chi connectivity index (χ2n) is 1.61. The molecule has 1 heterocycles. The fourth-order valence-corrected chi connectivity index (χ4v) is 0.507. The lowest BCUT2D eigenvalue weighted by atomic mass is 10.5. The molecule has 5 heteroatoms. The van der Waals surface area contributed by atoms with Gasteiger partial charge in [0.05, 0.1) is 0 Å². The molecule has 0 amide bonds. The van der Waals surface area contributed by atoms with Gasteiger partial charge in [-0.1, -0.05) is 5.22 Å². The van der Waals surface area contributed by atoms with Crippen molar-refractivity contribution in [2.75, 3.05) is 13.6 Å². The summed E-state index contributed by atoms with van der Waals surface area (Å²) in [4.78, 5) is 0. The van der Waals surface area contributed by atoms with E-state index >= 15 is 0 Å². The van der Waals surface area contributed by atoms with Gasteiger partial charge in [0.15, 0.2) is 6.17 Å². The highest BCUT2D eigenvalue weighted by atomic mass is 15.8. The average Bonchev–Trinajstić information content (AvgIpc) is 2.14. The zero-order valence-corrected chi connectivity index (χ0v) is 4.70. The van der Waals surface area contributed by atoms with E-state index in [1.54, 1.807) is 7.05 Å². The normalized spacial score (nSPS) is 27.2. The Morgan fingerprint density at radius 2 is 2.62 bits per heavy atom. The summed E-state index contributed by atoms with van der Waals surface area (Å²) < 4.78 is 0. The molecule has 0 aromatic heterocycles. The third-order valence-electron chi connectivity index (χ3n) is 0.884. The summed E-state index contributed by atoms with van der Waals surface area (Å²) in [6.45, 7) is 0.494. The summed E-state index contributed by atoms with van der Waals surface area (Å²) in [5, 5.41) is 8.94. The van der Waals surface area contributed by atoms with E-state index in [0.717, 1.165) is 0 Å². The minimum atomic E-state index is -0.0139. The van der Waals surface area contributed by atoms with Crippen molar-refractivity contribution in [1.29, 1.82) is 0 Å². The van der Waals surface area contributed by atoms with Crippen LogP contribution in [-0.2, 0) is 0 Å². The summed E-state index contributed by atoms with van der Waals surface area (Å²) in [6.07, 6.45) is -0.0139. The number of nitrogens with two attached hydrogens (primary N) is 1. The summed E-state index contributed by atoms with van der Waals surface area (Å²) in [6, 6.07) is 0. The van der Waals surface area contributed by atoms with E-state index in [2.05, 4.69) is 15.8 Å². The lowest BCUT2D eigenvalue weighted by Gasteiger charge is -2.05. The van der Waals surface area contributed by atoms with E-state index in [0.29, 0.717) is 6.54 Å². The molecule has 0 aliphatic carbocycles. The predicted molar refractivity (Wildman–Crippen MR) is 28.6 cm³/mol. The molecule has 1 aliphatic rings. The molecule has 3 N–H and O–H groups in total. The number of hydrazine groups is 1. The van der Waals surface area contributed by atoms with Crippen LogP contribution in [0.5, 0.6) is 0 Å². The maximum Gasteiger partial charge on any atom is 0.153 e. The third kappa shape index (κ3) is 0.932. The van der Waals surface area contributed by atoms with Crippen molar-refractivity contribution in [2.24, 2.45) is 16.1 Å². The molecule has 1 rings (SSSR count). The summed E-state index contributed by atoms with van der Waals surface area (Å²) in [7, 11) is 1.78. The van der Waals surface area contributed by atoms with Gasteiger partial charge in [0.25, 0.3) is 0 Å². The summed E-state index contributed by atoms with van der Waals surface area (Å²) in [5.41, 5.74) is 8.13. The highest BCUT2D eigenvalue weighted by Crippen LogP contribution is 1.95. The molecule has 0 fully saturated rings. The van der Waals surface area contributed by atoms with Crippen molar-refractivity contribution in [3.8, 4) is 0 Å². The van der Waals surface area contributed by atoms with Gasteiger partial charge in [0, 0.05) is 13.6 Å². The highest BCUT2D eigenvalue weighted by Gasteiger charge is 2.10. The van der Waals surface area contributed by atoms with Crippen LogP contribution in [0.1, 0.15) is 0 Å². The van der Waals surface area contributed by atoms with Crippen molar-refractivity contribution in [3.05, 3.63) is 0 Å². The first-order valence-corrected chi connectivity index (χ1v) is 2.43. The first kappa shape index (κ1) is 5.46. The largest absolute Gasteiger partial charge is 0.327 e. The molecule has 0 aromatic carbocycles. The molecule has 1 atom stereocenters. The zero-order chi connectivity index (χ0) is 5.98. The Hall–Kier alpha value is -0.680. The van der Waals surface area contributed by atoms with Crippen LogP contribution in [0.15, 0.2) is 10.3 Å². The fraction of sp³-hybridized carbons (Fsp3) is 1.00. The van der Waals surface area contributed by atoms with Gasteiger partial charge < -0.3 is 5.73 Å². The van der Waals surface area contributed by atoms with Crippen LogP contribution in [0.3, 0.4) is 0 Å². The Kier molecular flexibility index (Phi) is 1.40. The molecule has 8 heavy (non-hydrogen) atoms. The predicted octanol–water partition coefficient (Wildman–Crippen LogP) is -0.912. The molecule has 1 aliphatic heterocycles. The van der Waals surface area contributed by atoms with Crippen molar-refractivity contribution in [2.45, 2.75) is 6.17 Å². The van der Waals surface area contributed by atoms with Crippen molar-refractivity contribution < 1.29 is 0 Å².